The van der Waals surface area contributed by atoms with Crippen molar-refractivity contribution in [3.05, 3.63) is 53.6 Å². The number of aliphatic hydroxyl groups excluding tert-OH is 1. The van der Waals surface area contributed by atoms with E-state index < -0.39 is 17.9 Å². The molecular formula is C25H26F4N4O2. The van der Waals surface area contributed by atoms with E-state index in [-0.39, 0.29) is 61.0 Å². The number of hydrogen-bond donors (Lipinski definition) is 2. The molecule has 1 aliphatic carbocycles. The van der Waals surface area contributed by atoms with Crippen molar-refractivity contribution in [2.45, 2.75) is 50.1 Å². The Balaban J connectivity index is 1.34. The number of aliphatic hydroxyl groups is 1. The molecule has 0 atom stereocenters. The molecule has 0 bridgehead atoms. The number of hydrogen-bond acceptors (Lipinski definition) is 6. The zero-order valence-corrected chi connectivity index (χ0v) is 19.0. The van der Waals surface area contributed by atoms with Crippen molar-refractivity contribution >= 4 is 5.69 Å². The van der Waals surface area contributed by atoms with Gasteiger partial charge in [0, 0.05) is 42.0 Å². The summed E-state index contributed by atoms with van der Waals surface area (Å²) in [6.07, 6.45) is -3.21. The minimum atomic E-state index is -4.58. The van der Waals surface area contributed by atoms with Crippen LogP contribution in [0.2, 0.25) is 0 Å². The van der Waals surface area contributed by atoms with Crippen molar-refractivity contribution in [2.75, 3.05) is 24.6 Å². The summed E-state index contributed by atoms with van der Waals surface area (Å²) in [6.45, 7) is 1.21. The van der Waals surface area contributed by atoms with Gasteiger partial charge in [-0.2, -0.15) is 18.2 Å². The van der Waals surface area contributed by atoms with Crippen LogP contribution in [0.4, 0.5) is 23.2 Å². The number of benzene rings is 2. The molecule has 2 N–H and O–H groups in total. The molecule has 2 heterocycles. The number of nitrogens with one attached hydrogen (secondary N) is 1. The molecular weight excluding hydrogens is 464 g/mol. The molecule has 1 saturated carbocycles. The molecule has 35 heavy (non-hydrogen) atoms. The van der Waals surface area contributed by atoms with Gasteiger partial charge in [0.2, 0.25) is 5.82 Å². The maximum Gasteiger partial charge on any atom is 0.418 e. The molecule has 10 heteroatoms. The van der Waals surface area contributed by atoms with Gasteiger partial charge < -0.3 is 19.8 Å². The Kier molecular flexibility index (Phi) is 6.27. The van der Waals surface area contributed by atoms with Crippen LogP contribution in [-0.2, 0) is 12.7 Å². The highest BCUT2D eigenvalue weighted by Crippen LogP contribution is 2.40. The van der Waals surface area contributed by atoms with Gasteiger partial charge in [0.05, 0.1) is 12.2 Å². The van der Waals surface area contributed by atoms with E-state index in [4.69, 9.17) is 4.52 Å². The quantitative estimate of drug-likeness (QED) is 0.456. The van der Waals surface area contributed by atoms with Crippen molar-refractivity contribution in [3.8, 4) is 22.8 Å². The first kappa shape index (κ1) is 23.7. The second kappa shape index (κ2) is 9.23. The third kappa shape index (κ3) is 5.18. The lowest BCUT2D eigenvalue weighted by Gasteiger charge is -2.32. The summed E-state index contributed by atoms with van der Waals surface area (Å²) in [5.41, 5.74) is 0.945. The first-order chi connectivity index (χ1) is 16.8. The lowest BCUT2D eigenvalue weighted by molar-refractivity contribution is -0.137. The van der Waals surface area contributed by atoms with Crippen LogP contribution in [0.1, 0.15) is 36.8 Å². The van der Waals surface area contributed by atoms with Crippen molar-refractivity contribution in [1.29, 1.82) is 0 Å². The molecule has 1 aliphatic heterocycles. The van der Waals surface area contributed by atoms with E-state index in [2.05, 4.69) is 15.5 Å². The van der Waals surface area contributed by atoms with Gasteiger partial charge in [0.15, 0.2) is 0 Å². The first-order valence-corrected chi connectivity index (χ1v) is 11.7. The summed E-state index contributed by atoms with van der Waals surface area (Å²) >= 11 is 0. The van der Waals surface area contributed by atoms with Gasteiger partial charge in [0.1, 0.15) is 6.17 Å². The molecule has 6 nitrogen and oxygen atoms in total. The van der Waals surface area contributed by atoms with Gasteiger partial charge in [-0.1, -0.05) is 17.3 Å². The fourth-order valence-electron chi connectivity index (χ4n) is 4.32. The van der Waals surface area contributed by atoms with Crippen LogP contribution in [-0.4, -0.2) is 46.7 Å². The number of piperidine rings is 1. The van der Waals surface area contributed by atoms with E-state index in [0.29, 0.717) is 12.1 Å². The van der Waals surface area contributed by atoms with Crippen molar-refractivity contribution in [1.82, 2.24) is 15.5 Å². The molecule has 0 amide bonds. The van der Waals surface area contributed by atoms with Crippen molar-refractivity contribution in [3.63, 3.8) is 0 Å². The molecule has 2 fully saturated rings. The Morgan fingerprint density at radius 3 is 2.37 bits per heavy atom. The summed E-state index contributed by atoms with van der Waals surface area (Å²) in [5, 5.41) is 16.7. The molecule has 1 aromatic heterocycles. The summed E-state index contributed by atoms with van der Waals surface area (Å²) in [5.74, 6) is 0.264. The zero-order chi connectivity index (χ0) is 24.6. The largest absolute Gasteiger partial charge is 0.418 e. The van der Waals surface area contributed by atoms with Crippen LogP contribution in [0, 0.1) is 0 Å². The lowest BCUT2D eigenvalue weighted by Crippen LogP contribution is -2.35. The zero-order valence-electron chi connectivity index (χ0n) is 19.0. The number of alkyl halides is 4. The minimum Gasteiger partial charge on any atom is -0.394 e. The molecule has 0 radical (unpaired) electrons. The highest BCUT2D eigenvalue weighted by atomic mass is 19.4. The van der Waals surface area contributed by atoms with Gasteiger partial charge in [-0.15, -0.1) is 0 Å². The maximum absolute atomic E-state index is 13.9. The summed E-state index contributed by atoms with van der Waals surface area (Å²) in [7, 11) is 0. The summed E-state index contributed by atoms with van der Waals surface area (Å²) in [4.78, 5) is 5.88. The monoisotopic (exact) mass is 490 g/mol. The van der Waals surface area contributed by atoms with E-state index in [0.717, 1.165) is 24.5 Å². The van der Waals surface area contributed by atoms with Gasteiger partial charge in [-0.25, -0.2) is 4.39 Å². The number of halogens is 4. The second-order valence-corrected chi connectivity index (χ2v) is 9.30. The van der Waals surface area contributed by atoms with Crippen LogP contribution < -0.4 is 10.2 Å². The van der Waals surface area contributed by atoms with Crippen LogP contribution in [0.3, 0.4) is 0 Å². The average molecular weight is 491 g/mol. The fourth-order valence-corrected chi connectivity index (χ4v) is 4.32. The second-order valence-electron chi connectivity index (χ2n) is 9.30. The Hall–Kier alpha value is -2.98. The molecule has 0 spiro atoms. The maximum atomic E-state index is 13.9. The van der Waals surface area contributed by atoms with Crippen LogP contribution >= 0.6 is 0 Å². The van der Waals surface area contributed by atoms with Gasteiger partial charge in [0.25, 0.3) is 5.89 Å². The van der Waals surface area contributed by atoms with E-state index in [1.807, 2.05) is 24.3 Å². The smallest absolute Gasteiger partial charge is 0.394 e. The molecule has 5 rings (SSSR count). The Morgan fingerprint density at radius 2 is 1.74 bits per heavy atom. The molecule has 2 aliphatic rings. The SMILES string of the molecule is OCC1(NCc2ccc(-c3nc(-c4ccc(N5CCC(F)CC5)c(C(F)(F)F)c4)no3)cc2)CC1. The Morgan fingerprint density at radius 1 is 1.06 bits per heavy atom. The van der Waals surface area contributed by atoms with Crippen LogP contribution in [0.25, 0.3) is 22.8 Å². The first-order valence-electron chi connectivity index (χ1n) is 11.7. The molecule has 2 aromatic carbocycles. The number of rotatable bonds is 7. The lowest BCUT2D eigenvalue weighted by atomic mass is 10.0. The van der Waals surface area contributed by atoms with Crippen molar-refractivity contribution in [2.24, 2.45) is 0 Å². The van der Waals surface area contributed by atoms with Crippen molar-refractivity contribution < 1.29 is 27.2 Å². The van der Waals surface area contributed by atoms with Gasteiger partial charge in [-0.05, 0) is 61.6 Å². The molecule has 1 saturated heterocycles. The Bertz CT molecular complexity index is 1170. The Labute approximate surface area is 199 Å². The number of nitrogens with zero attached hydrogens (tertiary/aromatic N) is 3. The van der Waals surface area contributed by atoms with E-state index in [9.17, 15) is 22.7 Å². The third-order valence-corrected chi connectivity index (χ3v) is 6.78. The molecule has 3 aromatic rings. The van der Waals surface area contributed by atoms with Crippen LogP contribution in [0.5, 0.6) is 0 Å². The average Bonchev–Trinajstić information content (AvgIpc) is 3.48. The van der Waals surface area contributed by atoms with Gasteiger partial charge >= 0.3 is 6.18 Å². The molecule has 186 valence electrons. The number of aromatic nitrogens is 2. The van der Waals surface area contributed by atoms with Gasteiger partial charge in [-0.3, -0.25) is 0 Å². The topological polar surface area (TPSA) is 74.4 Å². The van der Waals surface area contributed by atoms with E-state index in [1.54, 1.807) is 4.90 Å². The van der Waals surface area contributed by atoms with E-state index >= 15 is 0 Å². The summed E-state index contributed by atoms with van der Waals surface area (Å²) in [6, 6.07) is 11.4. The standard InChI is InChI=1S/C25H26F4N4O2/c26-19-7-11-33(12-8-19)21-6-5-18(13-20(21)25(27,28)29)22-31-23(35-32-22)17-3-1-16(2-4-17)14-30-24(15-34)9-10-24/h1-6,13,19,30,34H,7-12,14-15H2. The fraction of sp³-hybridized carbons (Fsp3) is 0.440. The van der Waals surface area contributed by atoms with E-state index in [1.165, 1.54) is 12.1 Å². The van der Waals surface area contributed by atoms with Crippen LogP contribution in [0.15, 0.2) is 47.0 Å². The predicted molar refractivity (Wildman–Crippen MR) is 122 cm³/mol. The number of anilines is 1. The normalized spacial score (nSPS) is 18.1. The third-order valence-electron chi connectivity index (χ3n) is 6.78. The minimum absolute atomic E-state index is 0.0373. The highest BCUT2D eigenvalue weighted by molar-refractivity contribution is 5.67. The predicted octanol–water partition coefficient (Wildman–Crippen LogP) is 4.98. The summed E-state index contributed by atoms with van der Waals surface area (Å²) < 4.78 is 60.4. The molecule has 0 unspecified atom stereocenters. The highest BCUT2D eigenvalue weighted by Gasteiger charge is 2.41.